The molecule has 0 fully saturated rings. The summed E-state index contributed by atoms with van der Waals surface area (Å²) in [4.78, 5) is 2.82. The van der Waals surface area contributed by atoms with Crippen molar-refractivity contribution < 1.29 is 4.74 Å². The Balaban J connectivity index is 2.53. The Morgan fingerprint density at radius 3 is 2.56 bits per heavy atom. The lowest BCUT2D eigenvalue weighted by Gasteiger charge is -2.21. The zero-order valence-electron chi connectivity index (χ0n) is 10.6. The van der Waals surface area contributed by atoms with E-state index in [1.165, 1.54) is 5.56 Å². The van der Waals surface area contributed by atoms with Gasteiger partial charge in [0.1, 0.15) is 0 Å². The maximum Gasteiger partial charge on any atom is 0.0740 e. The summed E-state index contributed by atoms with van der Waals surface area (Å²) in [6.07, 6.45) is 0.729. The minimum absolute atomic E-state index is 0.550. The first-order valence-electron chi connectivity index (χ1n) is 5.86. The van der Waals surface area contributed by atoms with Gasteiger partial charge in [0.25, 0.3) is 0 Å². The van der Waals surface area contributed by atoms with Gasteiger partial charge in [-0.25, -0.2) is 0 Å². The number of thiocarbonyl (C=S) groups is 1. The van der Waals surface area contributed by atoms with E-state index in [0.29, 0.717) is 11.6 Å². The molecule has 0 unspecified atom stereocenters. The number of nitrogens with two attached hydrogens (primary N) is 1. The van der Waals surface area contributed by atoms with Crippen LogP contribution in [0.3, 0.4) is 0 Å². The highest BCUT2D eigenvalue weighted by molar-refractivity contribution is 7.80. The highest BCUT2D eigenvalue weighted by atomic mass is 35.5. The van der Waals surface area contributed by atoms with Gasteiger partial charge in [-0.2, -0.15) is 0 Å². The van der Waals surface area contributed by atoms with Crippen molar-refractivity contribution in [1.29, 1.82) is 0 Å². The molecule has 1 aromatic carbocycles. The lowest BCUT2D eigenvalue weighted by Crippen LogP contribution is -2.30. The summed E-state index contributed by atoms with van der Waals surface area (Å²) in [5, 5.41) is 0.755. The van der Waals surface area contributed by atoms with Gasteiger partial charge in [0, 0.05) is 38.2 Å². The average Bonchev–Trinajstić information content (AvgIpc) is 2.35. The van der Waals surface area contributed by atoms with Gasteiger partial charge in [-0.15, -0.1) is 0 Å². The molecule has 0 aliphatic heterocycles. The van der Waals surface area contributed by atoms with E-state index in [2.05, 4.69) is 4.90 Å². The van der Waals surface area contributed by atoms with E-state index < -0.39 is 0 Å². The molecule has 2 N–H and O–H groups in total. The van der Waals surface area contributed by atoms with E-state index in [9.17, 15) is 0 Å². The predicted octanol–water partition coefficient (Wildman–Crippen LogP) is 2.46. The van der Waals surface area contributed by atoms with Crippen LogP contribution >= 0.6 is 23.8 Å². The quantitative estimate of drug-likeness (QED) is 0.745. The minimum atomic E-state index is 0.550. The first-order valence-corrected chi connectivity index (χ1v) is 6.64. The Morgan fingerprint density at radius 1 is 1.33 bits per heavy atom. The van der Waals surface area contributed by atoms with Gasteiger partial charge in [0.05, 0.1) is 11.6 Å². The standard InChI is InChI=1S/C13H19ClN2OS/c1-17-9-8-16(7-6-13(15)18)10-11-2-4-12(14)5-3-11/h2-5H,6-10H2,1H3,(H2,15,18). The lowest BCUT2D eigenvalue weighted by atomic mass is 10.2. The van der Waals surface area contributed by atoms with Gasteiger partial charge in [-0.1, -0.05) is 36.0 Å². The number of rotatable bonds is 8. The van der Waals surface area contributed by atoms with Gasteiger partial charge >= 0.3 is 0 Å². The zero-order chi connectivity index (χ0) is 13.4. The molecule has 3 nitrogen and oxygen atoms in total. The molecule has 0 bridgehead atoms. The molecule has 100 valence electrons. The van der Waals surface area contributed by atoms with Crippen LogP contribution in [-0.4, -0.2) is 36.7 Å². The maximum atomic E-state index is 5.87. The number of nitrogens with zero attached hydrogens (tertiary/aromatic N) is 1. The van der Waals surface area contributed by atoms with E-state index in [-0.39, 0.29) is 0 Å². The summed E-state index contributed by atoms with van der Waals surface area (Å²) >= 11 is 10.8. The molecular formula is C13H19ClN2OS. The Labute approximate surface area is 119 Å². The fraction of sp³-hybridized carbons (Fsp3) is 0.462. The molecule has 0 saturated carbocycles. The van der Waals surface area contributed by atoms with Crippen LogP contribution in [0.1, 0.15) is 12.0 Å². The van der Waals surface area contributed by atoms with Gasteiger partial charge < -0.3 is 10.5 Å². The number of methoxy groups -OCH3 is 1. The topological polar surface area (TPSA) is 38.5 Å². The van der Waals surface area contributed by atoms with Crippen LogP contribution in [0.25, 0.3) is 0 Å². The van der Waals surface area contributed by atoms with E-state index in [1.807, 2.05) is 24.3 Å². The molecule has 0 atom stereocenters. The molecule has 0 heterocycles. The lowest BCUT2D eigenvalue weighted by molar-refractivity contribution is 0.146. The Bertz CT molecular complexity index is 370. The first kappa shape index (κ1) is 15.4. The molecule has 0 aliphatic carbocycles. The number of benzene rings is 1. The van der Waals surface area contributed by atoms with E-state index in [0.717, 1.165) is 31.1 Å². The zero-order valence-corrected chi connectivity index (χ0v) is 12.1. The summed E-state index contributed by atoms with van der Waals surface area (Å²) in [5.41, 5.74) is 6.76. The van der Waals surface area contributed by atoms with Crippen LogP contribution in [0.5, 0.6) is 0 Å². The van der Waals surface area contributed by atoms with Crippen molar-refractivity contribution in [3.8, 4) is 0 Å². The number of hydrogen-bond donors (Lipinski definition) is 1. The summed E-state index contributed by atoms with van der Waals surface area (Å²) in [6.45, 7) is 3.26. The van der Waals surface area contributed by atoms with E-state index in [1.54, 1.807) is 7.11 Å². The SMILES string of the molecule is COCCN(CCC(N)=S)Cc1ccc(Cl)cc1. The Morgan fingerprint density at radius 2 is 2.00 bits per heavy atom. The molecule has 18 heavy (non-hydrogen) atoms. The molecular weight excluding hydrogens is 268 g/mol. The molecule has 5 heteroatoms. The molecule has 0 saturated heterocycles. The highest BCUT2D eigenvalue weighted by Gasteiger charge is 2.06. The van der Waals surface area contributed by atoms with E-state index in [4.69, 9.17) is 34.3 Å². The Hall–Kier alpha value is -0.680. The van der Waals surface area contributed by atoms with Crippen LogP contribution in [0.4, 0.5) is 0 Å². The number of hydrogen-bond acceptors (Lipinski definition) is 3. The van der Waals surface area contributed by atoms with E-state index >= 15 is 0 Å². The fourth-order valence-corrected chi connectivity index (χ4v) is 1.82. The second-order valence-corrected chi connectivity index (χ2v) is 5.07. The minimum Gasteiger partial charge on any atom is -0.393 e. The van der Waals surface area contributed by atoms with Crippen LogP contribution in [0, 0.1) is 0 Å². The molecule has 0 amide bonds. The highest BCUT2D eigenvalue weighted by Crippen LogP contribution is 2.11. The van der Waals surface area contributed by atoms with Crippen LogP contribution in [-0.2, 0) is 11.3 Å². The van der Waals surface area contributed by atoms with Crippen molar-refractivity contribution in [2.24, 2.45) is 5.73 Å². The normalized spacial score (nSPS) is 10.8. The molecule has 0 aromatic heterocycles. The van der Waals surface area contributed by atoms with Crippen LogP contribution < -0.4 is 5.73 Å². The fourth-order valence-electron chi connectivity index (χ4n) is 1.61. The van der Waals surface area contributed by atoms with Crippen LogP contribution in [0.2, 0.25) is 5.02 Å². The predicted molar refractivity (Wildman–Crippen MR) is 80.0 cm³/mol. The molecule has 0 aliphatic rings. The van der Waals surface area contributed by atoms with Crippen molar-refractivity contribution in [1.82, 2.24) is 4.90 Å². The van der Waals surface area contributed by atoms with Gasteiger partial charge in [0.15, 0.2) is 0 Å². The van der Waals surface area contributed by atoms with Gasteiger partial charge in [0.2, 0.25) is 0 Å². The summed E-state index contributed by atoms with van der Waals surface area (Å²) < 4.78 is 5.11. The Kier molecular flexibility index (Phi) is 7.20. The third-order valence-corrected chi connectivity index (χ3v) is 3.06. The smallest absolute Gasteiger partial charge is 0.0740 e. The first-order chi connectivity index (χ1) is 8.61. The number of ether oxygens (including phenoxy) is 1. The van der Waals surface area contributed by atoms with Gasteiger partial charge in [-0.3, -0.25) is 4.90 Å². The van der Waals surface area contributed by atoms with Crippen LogP contribution in [0.15, 0.2) is 24.3 Å². The van der Waals surface area contributed by atoms with Crippen molar-refractivity contribution in [2.75, 3.05) is 26.8 Å². The third-order valence-electron chi connectivity index (χ3n) is 2.61. The molecule has 1 aromatic rings. The summed E-state index contributed by atoms with van der Waals surface area (Å²) in [6, 6.07) is 7.86. The molecule has 1 rings (SSSR count). The average molecular weight is 287 g/mol. The summed E-state index contributed by atoms with van der Waals surface area (Å²) in [7, 11) is 1.70. The second-order valence-electron chi connectivity index (χ2n) is 4.11. The monoisotopic (exact) mass is 286 g/mol. The second kappa shape index (κ2) is 8.43. The largest absolute Gasteiger partial charge is 0.393 e. The van der Waals surface area contributed by atoms with Crippen molar-refractivity contribution in [3.63, 3.8) is 0 Å². The van der Waals surface area contributed by atoms with Gasteiger partial charge in [-0.05, 0) is 17.7 Å². The summed E-state index contributed by atoms with van der Waals surface area (Å²) in [5.74, 6) is 0. The number of halogens is 1. The van der Waals surface area contributed by atoms with Crippen molar-refractivity contribution >= 4 is 28.8 Å². The molecule has 0 spiro atoms. The van der Waals surface area contributed by atoms with Crippen molar-refractivity contribution in [2.45, 2.75) is 13.0 Å². The molecule has 0 radical (unpaired) electrons. The van der Waals surface area contributed by atoms with Crippen molar-refractivity contribution in [3.05, 3.63) is 34.9 Å². The maximum absolute atomic E-state index is 5.87. The third kappa shape index (κ3) is 6.31.